The molecule has 1 heterocycles. The van der Waals surface area contributed by atoms with Crippen LogP contribution in [0, 0.1) is 11.8 Å². The topological polar surface area (TPSA) is 42.0 Å². The highest BCUT2D eigenvalue weighted by Gasteiger charge is 2.15. The number of rotatable bonds is 47. The zero-order valence-electron chi connectivity index (χ0n) is 41.9. The lowest BCUT2D eigenvalue weighted by atomic mass is 9.90. The summed E-state index contributed by atoms with van der Waals surface area (Å²) in [5.41, 5.74) is 0. The Balaban J connectivity index is 2.21. The van der Waals surface area contributed by atoms with Crippen molar-refractivity contribution in [3.63, 3.8) is 0 Å². The molecule has 0 saturated carbocycles. The summed E-state index contributed by atoms with van der Waals surface area (Å²) < 4.78 is 12.3. The maximum absolute atomic E-state index is 12.4. The first kappa shape index (κ1) is 57.4. The number of carbonyl (C=O) groups excluding carboxylic acids is 1. The lowest BCUT2D eigenvalue weighted by Gasteiger charge is -2.32. The molecule has 1 rings (SSSR count). The molecule has 0 bridgehead atoms. The average Bonchev–Trinajstić information content (AvgIpc) is 3.25. The number of carbonyl (C=O) groups is 1. The summed E-state index contributed by atoms with van der Waals surface area (Å²) in [6.45, 7) is 16.9. The van der Waals surface area contributed by atoms with Gasteiger partial charge in [0.2, 0.25) is 0 Å². The van der Waals surface area contributed by atoms with Gasteiger partial charge in [0.15, 0.2) is 0 Å². The van der Waals surface area contributed by atoms with Gasteiger partial charge in [-0.05, 0) is 64.0 Å². The molecule has 0 N–H and O–H groups in total. The minimum absolute atomic E-state index is 0.0290. The van der Waals surface area contributed by atoms with Gasteiger partial charge in [0.25, 0.3) is 0 Å². The lowest BCUT2D eigenvalue weighted by Crippen LogP contribution is -2.44. The van der Waals surface area contributed by atoms with E-state index in [1.54, 1.807) is 0 Å². The Hall–Kier alpha value is -0.650. The number of nitrogens with zero attached hydrogens (tertiary/aromatic N) is 2. The fourth-order valence-electron chi connectivity index (χ4n) is 9.65. The molecule has 0 aromatic heterocycles. The zero-order valence-corrected chi connectivity index (χ0v) is 41.9. The fourth-order valence-corrected chi connectivity index (χ4v) is 9.65. The molecule has 60 heavy (non-hydrogen) atoms. The maximum Gasteiger partial charge on any atom is 0.305 e. The number of piperazine rings is 1. The molecule has 0 spiro atoms. The second-order valence-corrected chi connectivity index (χ2v) is 19.8. The second kappa shape index (κ2) is 44.9. The van der Waals surface area contributed by atoms with Crippen molar-refractivity contribution in [1.29, 1.82) is 0 Å². The summed E-state index contributed by atoms with van der Waals surface area (Å²) in [4.78, 5) is 17.5. The third-order valence-electron chi connectivity index (χ3n) is 14.0. The number of unbranched alkanes of at least 4 members (excludes halogenated alkanes) is 23. The van der Waals surface area contributed by atoms with Crippen molar-refractivity contribution in [3.05, 3.63) is 0 Å². The van der Waals surface area contributed by atoms with Crippen molar-refractivity contribution in [2.75, 3.05) is 53.0 Å². The Morgan fingerprint density at radius 2 is 0.800 bits per heavy atom. The predicted octanol–water partition coefficient (Wildman–Crippen LogP) is 16.7. The van der Waals surface area contributed by atoms with Crippen molar-refractivity contribution in [1.82, 2.24) is 9.80 Å². The SMILES string of the molecule is CCCCCC(CCCCC)CCCCCCCCCCCC(CCCCCCCCCC(=O)OCCC(CCCCC)CCCCC)OCCCCN1CCN(C)CC1. The van der Waals surface area contributed by atoms with Gasteiger partial charge in [-0.2, -0.15) is 0 Å². The van der Waals surface area contributed by atoms with Gasteiger partial charge in [-0.15, -0.1) is 0 Å². The van der Waals surface area contributed by atoms with Crippen LogP contribution in [-0.4, -0.2) is 74.9 Å². The standard InChI is InChI=1S/C55H110N2O3/c1-6-10-26-36-52(37-27-11-7-2)40-30-22-18-15-14-16-19-23-31-41-54(59-50-35-34-45-57-48-46-56(5)47-49-57)42-32-24-20-17-21-25-33-43-55(58)60-51-44-53(38-28-12-8-3)39-29-13-9-4/h52-54H,6-51H2,1-5H3. The van der Waals surface area contributed by atoms with Crippen LogP contribution < -0.4 is 0 Å². The highest BCUT2D eigenvalue weighted by molar-refractivity contribution is 5.69. The molecule has 0 aromatic rings. The quantitative estimate of drug-likeness (QED) is 0.0451. The Labute approximate surface area is 377 Å². The van der Waals surface area contributed by atoms with Crippen molar-refractivity contribution in [2.45, 2.75) is 284 Å². The second-order valence-electron chi connectivity index (χ2n) is 19.8. The molecule has 0 aliphatic carbocycles. The van der Waals surface area contributed by atoms with Gasteiger partial charge in [-0.3, -0.25) is 4.79 Å². The summed E-state index contributed by atoms with van der Waals surface area (Å²) in [6.07, 6.45) is 52.0. The molecule has 1 aliphatic heterocycles. The Kier molecular flexibility index (Phi) is 43.0. The smallest absolute Gasteiger partial charge is 0.305 e. The van der Waals surface area contributed by atoms with Crippen LogP contribution in [0.1, 0.15) is 278 Å². The van der Waals surface area contributed by atoms with Gasteiger partial charge in [-0.1, -0.05) is 233 Å². The van der Waals surface area contributed by atoms with Crippen molar-refractivity contribution in [2.24, 2.45) is 11.8 Å². The maximum atomic E-state index is 12.4. The molecule has 1 atom stereocenters. The van der Waals surface area contributed by atoms with E-state index in [1.165, 1.54) is 257 Å². The van der Waals surface area contributed by atoms with E-state index >= 15 is 0 Å². The molecule has 5 heteroatoms. The molecule has 1 saturated heterocycles. The third-order valence-corrected chi connectivity index (χ3v) is 14.0. The molecule has 358 valence electrons. The van der Waals surface area contributed by atoms with Gasteiger partial charge in [0, 0.05) is 39.2 Å². The zero-order chi connectivity index (χ0) is 43.4. The Bertz CT molecular complexity index is 841. The summed E-state index contributed by atoms with van der Waals surface area (Å²) >= 11 is 0. The van der Waals surface area contributed by atoms with Gasteiger partial charge in [0.05, 0.1) is 12.7 Å². The van der Waals surface area contributed by atoms with Crippen LogP contribution >= 0.6 is 0 Å². The summed E-state index contributed by atoms with van der Waals surface area (Å²) in [5.74, 6) is 1.77. The van der Waals surface area contributed by atoms with Gasteiger partial charge < -0.3 is 19.3 Å². The van der Waals surface area contributed by atoms with Crippen LogP contribution in [0.25, 0.3) is 0 Å². The predicted molar refractivity (Wildman–Crippen MR) is 264 cm³/mol. The molecule has 1 aliphatic rings. The summed E-state index contributed by atoms with van der Waals surface area (Å²) in [5, 5.41) is 0. The van der Waals surface area contributed by atoms with Gasteiger partial charge in [0.1, 0.15) is 0 Å². The molecule has 1 fully saturated rings. The Morgan fingerprint density at radius 3 is 1.25 bits per heavy atom. The number of esters is 1. The van der Waals surface area contributed by atoms with E-state index in [-0.39, 0.29) is 5.97 Å². The lowest BCUT2D eigenvalue weighted by molar-refractivity contribution is -0.144. The van der Waals surface area contributed by atoms with Gasteiger partial charge in [-0.25, -0.2) is 0 Å². The third kappa shape index (κ3) is 37.9. The van der Waals surface area contributed by atoms with E-state index in [0.717, 1.165) is 37.7 Å². The molecular formula is C55H110N2O3. The Morgan fingerprint density at radius 1 is 0.417 bits per heavy atom. The van der Waals surface area contributed by atoms with Crippen molar-refractivity contribution < 1.29 is 14.3 Å². The van der Waals surface area contributed by atoms with Crippen LogP contribution in [0.4, 0.5) is 0 Å². The minimum atomic E-state index is 0.0290. The number of likely N-dealkylation sites (N-methyl/N-ethyl adjacent to an activating group) is 1. The monoisotopic (exact) mass is 847 g/mol. The van der Waals surface area contributed by atoms with E-state index in [0.29, 0.717) is 19.1 Å². The van der Waals surface area contributed by atoms with E-state index < -0.39 is 0 Å². The van der Waals surface area contributed by atoms with Crippen LogP contribution in [0.3, 0.4) is 0 Å². The highest BCUT2D eigenvalue weighted by atomic mass is 16.5. The molecule has 5 nitrogen and oxygen atoms in total. The summed E-state index contributed by atoms with van der Waals surface area (Å²) in [7, 11) is 2.25. The van der Waals surface area contributed by atoms with Crippen molar-refractivity contribution in [3.8, 4) is 0 Å². The van der Waals surface area contributed by atoms with Crippen LogP contribution in [-0.2, 0) is 14.3 Å². The van der Waals surface area contributed by atoms with E-state index in [9.17, 15) is 4.79 Å². The first-order valence-corrected chi connectivity index (χ1v) is 27.7. The molecule has 0 amide bonds. The summed E-state index contributed by atoms with van der Waals surface area (Å²) in [6, 6.07) is 0. The molecule has 0 radical (unpaired) electrons. The minimum Gasteiger partial charge on any atom is -0.466 e. The number of hydrogen-bond acceptors (Lipinski definition) is 5. The fraction of sp³-hybridized carbons (Fsp3) is 0.982. The van der Waals surface area contributed by atoms with Crippen LogP contribution in [0.5, 0.6) is 0 Å². The van der Waals surface area contributed by atoms with E-state index in [2.05, 4.69) is 44.5 Å². The highest BCUT2D eigenvalue weighted by Crippen LogP contribution is 2.25. The van der Waals surface area contributed by atoms with E-state index in [4.69, 9.17) is 9.47 Å². The molecular weight excluding hydrogens is 737 g/mol. The first-order valence-electron chi connectivity index (χ1n) is 27.7. The van der Waals surface area contributed by atoms with Crippen LogP contribution in [0.15, 0.2) is 0 Å². The number of ether oxygens (including phenoxy) is 2. The van der Waals surface area contributed by atoms with Crippen LogP contribution in [0.2, 0.25) is 0 Å². The average molecular weight is 847 g/mol. The first-order chi connectivity index (χ1) is 29.5. The normalized spacial score (nSPS) is 14.5. The number of hydrogen-bond donors (Lipinski definition) is 0. The molecule has 1 unspecified atom stereocenters. The van der Waals surface area contributed by atoms with Crippen molar-refractivity contribution >= 4 is 5.97 Å². The molecule has 0 aromatic carbocycles. The van der Waals surface area contributed by atoms with E-state index in [1.807, 2.05) is 0 Å². The largest absolute Gasteiger partial charge is 0.466 e. The van der Waals surface area contributed by atoms with Gasteiger partial charge >= 0.3 is 5.97 Å².